The van der Waals surface area contributed by atoms with Crippen LogP contribution in [-0.2, 0) is 9.53 Å². The van der Waals surface area contributed by atoms with Gasteiger partial charge in [0.1, 0.15) is 5.75 Å². The molecule has 7 nitrogen and oxygen atoms in total. The van der Waals surface area contributed by atoms with Gasteiger partial charge in [0.25, 0.3) is 0 Å². The average Bonchev–Trinajstić information content (AvgIpc) is 2.82. The Labute approximate surface area is 198 Å². The maximum absolute atomic E-state index is 13.2. The Bertz CT molecular complexity index is 1300. The van der Waals surface area contributed by atoms with Crippen molar-refractivity contribution < 1.29 is 23.9 Å². The number of benzene rings is 3. The summed E-state index contributed by atoms with van der Waals surface area (Å²) in [5.74, 6) is -0.828. The molecular weight excluding hydrogens is 432 g/mol. The van der Waals surface area contributed by atoms with E-state index in [4.69, 9.17) is 9.47 Å². The molecule has 0 radical (unpaired) electrons. The van der Waals surface area contributed by atoms with Crippen LogP contribution in [0.2, 0.25) is 0 Å². The van der Waals surface area contributed by atoms with Crippen molar-refractivity contribution >= 4 is 28.7 Å². The molecule has 3 aromatic carbocycles. The number of rotatable bonds is 5. The van der Waals surface area contributed by atoms with Gasteiger partial charge in [-0.2, -0.15) is 0 Å². The average molecular weight is 459 g/mol. The molecule has 3 aromatic rings. The second-order valence-corrected chi connectivity index (χ2v) is 8.35. The number of fused-ring (bicyclic) bond motifs is 1. The lowest BCUT2D eigenvalue weighted by molar-refractivity contribution is -0.143. The van der Waals surface area contributed by atoms with Crippen LogP contribution >= 0.6 is 0 Å². The van der Waals surface area contributed by atoms with E-state index in [-0.39, 0.29) is 23.5 Å². The number of ether oxygens (including phenoxy) is 2. The first-order valence-corrected chi connectivity index (χ1v) is 11.0. The van der Waals surface area contributed by atoms with Crippen LogP contribution in [0.5, 0.6) is 5.75 Å². The van der Waals surface area contributed by atoms with Crippen molar-refractivity contribution in [3.05, 3.63) is 89.1 Å². The molecule has 34 heavy (non-hydrogen) atoms. The minimum absolute atomic E-state index is 0.255. The van der Waals surface area contributed by atoms with Gasteiger partial charge in [-0.15, -0.1) is 0 Å². The molecule has 0 aliphatic carbocycles. The Morgan fingerprint density at radius 3 is 2.32 bits per heavy atom. The Morgan fingerprint density at radius 2 is 1.62 bits per heavy atom. The molecule has 1 heterocycles. The number of urea groups is 1. The normalized spacial score (nSPS) is 16.0. The molecule has 7 heteroatoms. The van der Waals surface area contributed by atoms with Gasteiger partial charge in [0, 0.05) is 18.3 Å². The van der Waals surface area contributed by atoms with Crippen molar-refractivity contribution in [2.24, 2.45) is 0 Å². The Balaban J connectivity index is 1.90. The number of nitrogens with one attached hydrogen (secondary N) is 1. The molecule has 0 aromatic heterocycles. The molecule has 0 saturated heterocycles. The number of hydrogen-bond donors (Lipinski definition) is 1. The van der Waals surface area contributed by atoms with E-state index in [2.05, 4.69) is 5.32 Å². The number of carbonyl (C=O) groups excluding carboxylic acids is 3. The molecule has 0 saturated carbocycles. The lowest BCUT2D eigenvalue weighted by atomic mass is 9.90. The number of amides is 2. The highest BCUT2D eigenvalue weighted by Crippen LogP contribution is 2.40. The van der Waals surface area contributed by atoms with E-state index in [1.165, 1.54) is 4.90 Å². The van der Waals surface area contributed by atoms with Gasteiger partial charge >= 0.3 is 18.0 Å². The Kier molecular flexibility index (Phi) is 6.36. The highest BCUT2D eigenvalue weighted by molar-refractivity contribution is 5.99. The lowest BCUT2D eigenvalue weighted by Crippen LogP contribution is -2.46. The fourth-order valence-corrected chi connectivity index (χ4v) is 3.99. The maximum atomic E-state index is 13.2. The van der Waals surface area contributed by atoms with Crippen molar-refractivity contribution in [1.29, 1.82) is 0 Å². The van der Waals surface area contributed by atoms with Crippen molar-refractivity contribution in [2.75, 3.05) is 7.05 Å². The number of allylic oxidation sites excluding steroid dienone is 1. The molecule has 1 atom stereocenters. The highest BCUT2D eigenvalue weighted by Gasteiger charge is 2.38. The summed E-state index contributed by atoms with van der Waals surface area (Å²) in [7, 11) is 1.59. The third-order valence-corrected chi connectivity index (χ3v) is 5.75. The van der Waals surface area contributed by atoms with Gasteiger partial charge in [-0.25, -0.2) is 14.4 Å². The molecule has 0 bridgehead atoms. The monoisotopic (exact) mass is 458 g/mol. The van der Waals surface area contributed by atoms with Gasteiger partial charge in [0.2, 0.25) is 0 Å². The summed E-state index contributed by atoms with van der Waals surface area (Å²) in [5, 5.41) is 4.52. The number of carbonyl (C=O) groups is 3. The first kappa shape index (κ1) is 23.0. The summed E-state index contributed by atoms with van der Waals surface area (Å²) in [6.07, 6.45) is -0.348. The van der Waals surface area contributed by atoms with Crippen LogP contribution in [0.15, 0.2) is 78.0 Å². The van der Waals surface area contributed by atoms with Crippen LogP contribution in [0.25, 0.3) is 10.8 Å². The Hall–Kier alpha value is -4.13. The van der Waals surface area contributed by atoms with Gasteiger partial charge in [0.15, 0.2) is 0 Å². The largest absolute Gasteiger partial charge is 0.459 e. The van der Waals surface area contributed by atoms with Crippen LogP contribution in [-0.4, -0.2) is 36.0 Å². The fourth-order valence-electron chi connectivity index (χ4n) is 3.99. The molecule has 174 valence electrons. The topological polar surface area (TPSA) is 84.9 Å². The summed E-state index contributed by atoms with van der Waals surface area (Å²) in [5.41, 5.74) is 1.65. The summed E-state index contributed by atoms with van der Waals surface area (Å²) in [4.78, 5) is 40.2. The molecule has 1 aliphatic rings. The zero-order chi connectivity index (χ0) is 24.4. The number of hydrogen-bond acceptors (Lipinski definition) is 5. The molecule has 1 N–H and O–H groups in total. The first-order chi connectivity index (χ1) is 16.3. The van der Waals surface area contributed by atoms with E-state index in [9.17, 15) is 14.4 Å². The molecule has 4 rings (SSSR count). The van der Waals surface area contributed by atoms with Crippen molar-refractivity contribution in [3.63, 3.8) is 0 Å². The van der Waals surface area contributed by atoms with E-state index >= 15 is 0 Å². The van der Waals surface area contributed by atoms with Crippen LogP contribution < -0.4 is 10.1 Å². The highest BCUT2D eigenvalue weighted by atomic mass is 16.5. The standard InChI is InChI=1S/C27H26N2O5/c1-16(2)33-26(31)22-17(3)29(4)27(32)28-24(22)23-20-13-9-8-10-18(20)14-15-21(23)34-25(30)19-11-6-5-7-12-19/h5-16,24H,1-4H3,(H,28,32). The van der Waals surface area contributed by atoms with Crippen LogP contribution in [0.4, 0.5) is 4.79 Å². The molecule has 1 unspecified atom stereocenters. The minimum atomic E-state index is -0.875. The number of esters is 2. The predicted molar refractivity (Wildman–Crippen MR) is 128 cm³/mol. The molecule has 2 amide bonds. The SMILES string of the molecule is CC1=C(C(=O)OC(C)C)C(c2c(OC(=O)c3ccccc3)ccc3ccccc23)NC(=O)N1C. The summed E-state index contributed by atoms with van der Waals surface area (Å²) < 4.78 is 11.3. The molecule has 0 fully saturated rings. The second kappa shape index (κ2) is 9.39. The van der Waals surface area contributed by atoms with Crippen LogP contribution in [0.1, 0.15) is 42.7 Å². The van der Waals surface area contributed by atoms with Gasteiger partial charge in [-0.05, 0) is 49.7 Å². The zero-order valence-corrected chi connectivity index (χ0v) is 19.5. The Morgan fingerprint density at radius 1 is 0.941 bits per heavy atom. The third kappa shape index (κ3) is 4.37. The molecular formula is C27H26N2O5. The predicted octanol–water partition coefficient (Wildman–Crippen LogP) is 4.98. The van der Waals surface area contributed by atoms with Gasteiger partial charge < -0.3 is 19.7 Å². The van der Waals surface area contributed by atoms with E-state index < -0.39 is 18.0 Å². The molecule has 1 aliphatic heterocycles. The second-order valence-electron chi connectivity index (χ2n) is 8.35. The van der Waals surface area contributed by atoms with Crippen molar-refractivity contribution in [3.8, 4) is 5.75 Å². The summed E-state index contributed by atoms with van der Waals surface area (Å²) >= 11 is 0. The van der Waals surface area contributed by atoms with Crippen molar-refractivity contribution in [1.82, 2.24) is 10.2 Å². The smallest absolute Gasteiger partial charge is 0.343 e. The maximum Gasteiger partial charge on any atom is 0.343 e. The first-order valence-electron chi connectivity index (χ1n) is 11.0. The van der Waals surface area contributed by atoms with Gasteiger partial charge in [-0.1, -0.05) is 48.5 Å². The van der Waals surface area contributed by atoms with Gasteiger partial charge in [-0.3, -0.25) is 0 Å². The van der Waals surface area contributed by atoms with Crippen LogP contribution in [0, 0.1) is 0 Å². The van der Waals surface area contributed by atoms with E-state index in [0.717, 1.165) is 10.8 Å². The molecule has 0 spiro atoms. The quantitative estimate of drug-likeness (QED) is 0.431. The summed E-state index contributed by atoms with van der Waals surface area (Å²) in [6.45, 7) is 5.22. The van der Waals surface area contributed by atoms with Crippen LogP contribution in [0.3, 0.4) is 0 Å². The minimum Gasteiger partial charge on any atom is -0.459 e. The van der Waals surface area contributed by atoms with E-state index in [1.54, 1.807) is 58.2 Å². The third-order valence-electron chi connectivity index (χ3n) is 5.75. The number of nitrogens with zero attached hydrogens (tertiary/aromatic N) is 1. The lowest BCUT2D eigenvalue weighted by Gasteiger charge is -2.34. The van der Waals surface area contributed by atoms with E-state index in [0.29, 0.717) is 16.8 Å². The van der Waals surface area contributed by atoms with Crippen molar-refractivity contribution in [2.45, 2.75) is 32.9 Å². The van der Waals surface area contributed by atoms with E-state index in [1.807, 2.05) is 36.4 Å². The zero-order valence-electron chi connectivity index (χ0n) is 19.5. The van der Waals surface area contributed by atoms with Gasteiger partial charge in [0.05, 0.1) is 23.3 Å². The fraction of sp³-hybridized carbons (Fsp3) is 0.222. The summed E-state index contributed by atoms with van der Waals surface area (Å²) in [6, 6.07) is 18.4.